The second kappa shape index (κ2) is 7.74. The lowest BCUT2D eigenvalue weighted by Gasteiger charge is -2.33. The van der Waals surface area contributed by atoms with E-state index in [4.69, 9.17) is 4.74 Å². The summed E-state index contributed by atoms with van der Waals surface area (Å²) in [5.74, 6) is 2.40. The van der Waals surface area contributed by atoms with E-state index < -0.39 is 0 Å². The van der Waals surface area contributed by atoms with Crippen LogP contribution in [0, 0.1) is 29.1 Å². The standard InChI is InChI=1S/C30H27N3O/c31-18-20-8-6-16-32-29(20)19-7-5-9-21(17-19)33-25-12-3-1-11-24(25)28-26(33)15-14-23-22-10-2-4-13-27(22)34-30(23)28/h1,3-5,7,9,11-17,22,24-28H,2,6,8,10H2. The van der Waals surface area contributed by atoms with Gasteiger partial charge in [0.15, 0.2) is 0 Å². The number of hydrogen-bond acceptors (Lipinski definition) is 4. The largest absolute Gasteiger partial charge is 0.489 e. The second-order valence-corrected chi connectivity index (χ2v) is 9.97. The molecule has 0 radical (unpaired) electrons. The van der Waals surface area contributed by atoms with E-state index >= 15 is 0 Å². The van der Waals surface area contributed by atoms with Crippen LogP contribution in [0.5, 0.6) is 0 Å². The number of ether oxygens (including phenoxy) is 1. The molecule has 1 saturated heterocycles. The topological polar surface area (TPSA) is 48.6 Å². The number of nitriles is 1. The van der Waals surface area contributed by atoms with E-state index in [1.54, 1.807) is 0 Å². The highest BCUT2D eigenvalue weighted by Gasteiger charge is 2.53. The van der Waals surface area contributed by atoms with E-state index in [-0.39, 0.29) is 18.2 Å². The van der Waals surface area contributed by atoms with Crippen LogP contribution in [0.4, 0.5) is 5.69 Å². The lowest BCUT2D eigenvalue weighted by molar-refractivity contribution is 0.118. The normalized spacial score (nSPS) is 34.5. The molecule has 7 rings (SSSR count). The van der Waals surface area contributed by atoms with E-state index in [9.17, 15) is 5.26 Å². The number of fused-ring (bicyclic) bond motifs is 6. The fourth-order valence-electron chi connectivity index (χ4n) is 6.78. The molecule has 6 atom stereocenters. The minimum atomic E-state index is 0.196. The van der Waals surface area contributed by atoms with Gasteiger partial charge < -0.3 is 9.64 Å². The van der Waals surface area contributed by atoms with Crippen molar-refractivity contribution < 1.29 is 4.74 Å². The maximum Gasteiger partial charge on any atom is 0.123 e. The quantitative estimate of drug-likeness (QED) is 0.533. The highest BCUT2D eigenvalue weighted by molar-refractivity contribution is 5.82. The molecule has 3 aliphatic heterocycles. The predicted octanol–water partition coefficient (Wildman–Crippen LogP) is 5.89. The molecule has 0 saturated carbocycles. The Hall–Kier alpha value is -3.58. The molecule has 34 heavy (non-hydrogen) atoms. The zero-order valence-electron chi connectivity index (χ0n) is 19.0. The van der Waals surface area contributed by atoms with Crippen molar-refractivity contribution >= 4 is 17.6 Å². The summed E-state index contributed by atoms with van der Waals surface area (Å²) in [4.78, 5) is 7.16. The van der Waals surface area contributed by atoms with Crippen molar-refractivity contribution in [3.05, 3.63) is 95.3 Å². The van der Waals surface area contributed by atoms with Crippen LogP contribution in [-0.2, 0) is 4.74 Å². The number of anilines is 1. The summed E-state index contributed by atoms with van der Waals surface area (Å²) in [7, 11) is 0. The Morgan fingerprint density at radius 3 is 2.94 bits per heavy atom. The average Bonchev–Trinajstić information content (AvgIpc) is 3.44. The maximum atomic E-state index is 9.65. The molecular weight excluding hydrogens is 418 g/mol. The molecule has 0 amide bonds. The van der Waals surface area contributed by atoms with E-state index in [1.165, 1.54) is 23.4 Å². The highest BCUT2D eigenvalue weighted by atomic mass is 16.5. The van der Waals surface area contributed by atoms with Gasteiger partial charge in [0, 0.05) is 35.2 Å². The molecule has 3 heterocycles. The fraction of sp³-hybridized carbons (Fsp3) is 0.333. The van der Waals surface area contributed by atoms with Crippen molar-refractivity contribution in [1.82, 2.24) is 0 Å². The Bertz CT molecular complexity index is 1300. The zero-order valence-corrected chi connectivity index (χ0v) is 19.0. The molecule has 1 fully saturated rings. The summed E-state index contributed by atoms with van der Waals surface area (Å²) >= 11 is 0. The van der Waals surface area contributed by atoms with Crippen molar-refractivity contribution in [3.8, 4) is 6.07 Å². The first-order valence-electron chi connectivity index (χ1n) is 12.5. The predicted molar refractivity (Wildman–Crippen MR) is 135 cm³/mol. The summed E-state index contributed by atoms with van der Waals surface area (Å²) in [6.07, 6.45) is 24.4. The van der Waals surface area contributed by atoms with Gasteiger partial charge in [0.2, 0.25) is 0 Å². The van der Waals surface area contributed by atoms with E-state index in [0.29, 0.717) is 17.8 Å². The van der Waals surface area contributed by atoms with Crippen molar-refractivity contribution in [3.63, 3.8) is 0 Å². The van der Waals surface area contributed by atoms with Crippen LogP contribution in [0.2, 0.25) is 0 Å². The maximum absolute atomic E-state index is 9.65. The van der Waals surface area contributed by atoms with Gasteiger partial charge in [0.05, 0.1) is 29.4 Å². The number of nitrogens with zero attached hydrogens (tertiary/aromatic N) is 3. The Balaban J connectivity index is 1.30. The first kappa shape index (κ1) is 19.9. The molecule has 6 aliphatic rings. The summed E-state index contributed by atoms with van der Waals surface area (Å²) in [5.41, 5.74) is 5.22. The van der Waals surface area contributed by atoms with Gasteiger partial charge in [-0.3, -0.25) is 4.99 Å². The Kier molecular flexibility index (Phi) is 4.52. The number of allylic oxidation sites excluding steroid dienone is 5. The third-order valence-electron chi connectivity index (χ3n) is 8.24. The van der Waals surface area contributed by atoms with Gasteiger partial charge in [-0.25, -0.2) is 0 Å². The van der Waals surface area contributed by atoms with E-state index in [2.05, 4.69) is 88.8 Å². The van der Waals surface area contributed by atoms with Gasteiger partial charge >= 0.3 is 0 Å². The second-order valence-electron chi connectivity index (χ2n) is 9.97. The van der Waals surface area contributed by atoms with Crippen LogP contribution in [0.15, 0.2) is 94.8 Å². The third kappa shape index (κ3) is 2.86. The monoisotopic (exact) mass is 445 g/mol. The molecule has 168 valence electrons. The zero-order chi connectivity index (χ0) is 22.6. The van der Waals surface area contributed by atoms with Crippen LogP contribution in [0.1, 0.15) is 31.2 Å². The number of benzene rings is 1. The molecule has 1 aromatic carbocycles. The van der Waals surface area contributed by atoms with Gasteiger partial charge in [-0.05, 0) is 49.5 Å². The Morgan fingerprint density at radius 1 is 1.06 bits per heavy atom. The fourth-order valence-corrected chi connectivity index (χ4v) is 6.78. The first-order valence-corrected chi connectivity index (χ1v) is 12.5. The molecule has 0 aromatic heterocycles. The van der Waals surface area contributed by atoms with Crippen LogP contribution >= 0.6 is 0 Å². The van der Waals surface area contributed by atoms with Crippen molar-refractivity contribution in [2.75, 3.05) is 4.90 Å². The smallest absolute Gasteiger partial charge is 0.123 e. The summed E-state index contributed by atoms with van der Waals surface area (Å²) in [6, 6.07) is 11.5. The molecule has 0 N–H and O–H groups in total. The van der Waals surface area contributed by atoms with Gasteiger partial charge in [0.1, 0.15) is 11.9 Å². The molecular formula is C30H27N3O. The van der Waals surface area contributed by atoms with Crippen molar-refractivity contribution in [2.45, 2.75) is 43.9 Å². The van der Waals surface area contributed by atoms with E-state index in [0.717, 1.165) is 36.1 Å². The Labute approximate surface area is 200 Å². The minimum absolute atomic E-state index is 0.196. The van der Waals surface area contributed by atoms with Crippen LogP contribution in [0.3, 0.4) is 0 Å². The van der Waals surface area contributed by atoms with Gasteiger partial charge in [-0.2, -0.15) is 5.26 Å². The number of rotatable bonds is 2. The molecule has 0 bridgehead atoms. The average molecular weight is 446 g/mol. The third-order valence-corrected chi connectivity index (χ3v) is 8.24. The SMILES string of the molecule is N#CC1=C(c2cccc(N3C4C=CC=CC4C4C5=C(C=CC43)C3CCC=CC3O5)c2)N=CCC1. The molecule has 1 aromatic rings. The summed E-state index contributed by atoms with van der Waals surface area (Å²) in [6.45, 7) is 0. The Morgan fingerprint density at radius 2 is 2.00 bits per heavy atom. The van der Waals surface area contributed by atoms with Gasteiger partial charge in [0.25, 0.3) is 0 Å². The van der Waals surface area contributed by atoms with E-state index in [1.807, 2.05) is 6.21 Å². The van der Waals surface area contributed by atoms with Crippen molar-refractivity contribution in [1.29, 1.82) is 5.26 Å². The molecule has 3 aliphatic carbocycles. The molecule has 0 spiro atoms. The molecule has 4 heteroatoms. The van der Waals surface area contributed by atoms with Crippen LogP contribution in [0.25, 0.3) is 5.70 Å². The summed E-state index contributed by atoms with van der Waals surface area (Å²) < 4.78 is 6.66. The van der Waals surface area contributed by atoms with Crippen LogP contribution in [-0.4, -0.2) is 24.4 Å². The first-order chi connectivity index (χ1) is 16.8. The molecule has 4 nitrogen and oxygen atoms in total. The van der Waals surface area contributed by atoms with Crippen molar-refractivity contribution in [2.24, 2.45) is 22.7 Å². The lowest BCUT2D eigenvalue weighted by Crippen LogP contribution is -2.37. The number of hydrogen-bond donors (Lipinski definition) is 0. The van der Waals surface area contributed by atoms with Crippen LogP contribution < -0.4 is 4.90 Å². The van der Waals surface area contributed by atoms with Gasteiger partial charge in [-0.1, -0.05) is 54.7 Å². The van der Waals surface area contributed by atoms with Gasteiger partial charge in [-0.15, -0.1) is 0 Å². The minimum Gasteiger partial charge on any atom is -0.489 e. The highest BCUT2D eigenvalue weighted by Crippen LogP contribution is 2.53. The number of aliphatic imine (C=N–C) groups is 1. The lowest BCUT2D eigenvalue weighted by atomic mass is 9.77. The summed E-state index contributed by atoms with van der Waals surface area (Å²) in [5, 5.41) is 9.65. The molecule has 6 unspecified atom stereocenters.